The zero-order valence-corrected chi connectivity index (χ0v) is 77.4. The molecule has 0 aromatic rings. The van der Waals surface area contributed by atoms with Crippen molar-refractivity contribution in [1.82, 2.24) is 0 Å². The van der Waals surface area contributed by atoms with Crippen LogP contribution in [0.1, 0.15) is 39.5 Å². The van der Waals surface area contributed by atoms with Gasteiger partial charge in [-0.15, -0.1) is 0 Å². The van der Waals surface area contributed by atoms with Gasteiger partial charge in [0, 0.05) is 26.4 Å². The fourth-order valence-electron chi connectivity index (χ4n) is 11.0. The Labute approximate surface area is 556 Å². The van der Waals surface area contributed by atoms with E-state index in [9.17, 15) is 20.4 Å². The van der Waals surface area contributed by atoms with Gasteiger partial charge < -0.3 is 80.5 Å². The van der Waals surface area contributed by atoms with Crippen LogP contribution in [0.15, 0.2) is 0 Å². The van der Waals surface area contributed by atoms with Crippen LogP contribution in [-0.4, -0.2) is 218 Å². The summed E-state index contributed by atoms with van der Waals surface area (Å²) in [5.74, 6) is 0. The van der Waals surface area contributed by atoms with E-state index in [0.717, 1.165) is 12.8 Å². The molecular formula is C56H144O18Si14. The third-order valence-corrected chi connectivity index (χ3v) is 63.2. The molecule has 0 aromatic carbocycles. The van der Waals surface area contributed by atoms with Crippen LogP contribution in [0.25, 0.3) is 0 Å². The number of rotatable bonds is 48. The molecule has 2 unspecified atom stereocenters. The molecule has 0 aliphatic rings. The van der Waals surface area contributed by atoms with Gasteiger partial charge in [0.25, 0.3) is 0 Å². The molecule has 4 N–H and O–H groups in total. The van der Waals surface area contributed by atoms with E-state index >= 15 is 0 Å². The van der Waals surface area contributed by atoms with Crippen molar-refractivity contribution in [3.63, 3.8) is 0 Å². The molecule has 0 fully saturated rings. The zero-order valence-electron chi connectivity index (χ0n) is 63.4. The van der Waals surface area contributed by atoms with Crippen LogP contribution < -0.4 is 0 Å². The molecule has 0 radical (unpaired) electrons. The van der Waals surface area contributed by atoms with Crippen molar-refractivity contribution in [2.24, 2.45) is 10.8 Å². The van der Waals surface area contributed by atoms with Gasteiger partial charge in [-0.3, -0.25) is 0 Å². The van der Waals surface area contributed by atoms with Crippen LogP contribution in [0.3, 0.4) is 0 Å². The average Bonchev–Trinajstić information content (AvgIpc) is 3.24. The Hall–Kier alpha value is 2.32. The summed E-state index contributed by atoms with van der Waals surface area (Å²) in [5.41, 5.74) is -0.742. The van der Waals surface area contributed by atoms with Crippen molar-refractivity contribution < 1.29 is 80.5 Å². The van der Waals surface area contributed by atoms with Gasteiger partial charge in [0.2, 0.25) is 0 Å². The Morgan fingerprint density at radius 1 is 0.273 bits per heavy atom. The van der Waals surface area contributed by atoms with E-state index in [1.165, 1.54) is 0 Å². The van der Waals surface area contributed by atoms with Crippen molar-refractivity contribution in [2.45, 2.75) is 272 Å². The molecule has 0 aliphatic carbocycles. The molecule has 0 amide bonds. The molecular weight excluding hydrogens is 1350 g/mol. The summed E-state index contributed by atoms with van der Waals surface area (Å²) < 4.78 is 91.0. The first kappa shape index (κ1) is 92.4. The molecule has 32 heteroatoms. The number of hydrogen-bond donors (Lipinski definition) is 4. The van der Waals surface area contributed by atoms with E-state index in [-0.39, 0.29) is 52.9 Å². The molecule has 0 saturated heterocycles. The molecule has 0 spiro atoms. The van der Waals surface area contributed by atoms with E-state index in [1.807, 2.05) is 0 Å². The standard InChI is InChI=1S/C33H88O12Si10.C23H56O6Si4/c1-46(2,3)38-50(13,14)42-54(21,43-51(15,16)39-47(4,5)6)27-23-25-36-31-33(29-34,30-35)32-37-26-24-28-55(22,44-52(17,18)40-48(7,8)9)45-53(19,20)41-49(10,11)12;1-21(32(9,10)28-30(3,4)5)13-15-26-19-23(17-24,18-25)20-27-16-14-22(2)33(11,12)29-31(6,7)8/h34-35H,23-32H2,1-22H3;21-22,24-25H,13-20H2,1-12H3. The minimum atomic E-state index is -2.74. The van der Waals surface area contributed by atoms with Crippen LogP contribution in [0.2, 0.25) is 233 Å². The lowest BCUT2D eigenvalue weighted by molar-refractivity contribution is -0.0776. The lowest BCUT2D eigenvalue weighted by Gasteiger charge is -2.43. The maximum atomic E-state index is 10.4. The van der Waals surface area contributed by atoms with E-state index in [1.54, 1.807) is 0 Å². The second-order valence-corrected chi connectivity index (χ2v) is 92.8. The van der Waals surface area contributed by atoms with Crippen LogP contribution in [-0.2, 0) is 60.1 Å². The molecule has 0 heterocycles. The highest BCUT2D eigenvalue weighted by Crippen LogP contribution is 2.34. The lowest BCUT2D eigenvalue weighted by Crippen LogP contribution is -2.59. The third-order valence-electron chi connectivity index (χ3n) is 13.8. The lowest BCUT2D eigenvalue weighted by atomic mass is 9.92. The Morgan fingerprint density at radius 3 is 0.648 bits per heavy atom. The van der Waals surface area contributed by atoms with E-state index in [2.05, 4.69) is 223 Å². The molecule has 2 atom stereocenters. The Bertz CT molecular complexity index is 1730. The average molecular weight is 1500 g/mol. The smallest absolute Gasteiger partial charge is 0.317 e. The number of hydrogen-bond acceptors (Lipinski definition) is 18. The maximum absolute atomic E-state index is 10.4. The fraction of sp³-hybridized carbons (Fsp3) is 1.00. The maximum Gasteiger partial charge on any atom is 0.317 e. The summed E-state index contributed by atoms with van der Waals surface area (Å²) >= 11 is 0. The van der Waals surface area contributed by atoms with Gasteiger partial charge in [-0.1, -0.05) is 13.8 Å². The van der Waals surface area contributed by atoms with Crippen LogP contribution >= 0.6 is 0 Å². The zero-order chi connectivity index (χ0) is 69.8. The molecule has 0 rings (SSSR count). The summed E-state index contributed by atoms with van der Waals surface area (Å²) in [6.07, 6.45) is 3.26. The Morgan fingerprint density at radius 2 is 0.466 bits per heavy atom. The normalized spacial score (nSPS) is 15.6. The first-order valence-electron chi connectivity index (χ1n) is 32.7. The van der Waals surface area contributed by atoms with E-state index < -0.39 is 129 Å². The van der Waals surface area contributed by atoms with Crippen molar-refractivity contribution in [2.75, 3.05) is 79.3 Å². The molecule has 0 aliphatic heterocycles. The SMILES string of the molecule is CC(CCOCC(CO)(CO)COCCC(C)[Si](C)(C)O[Si](C)(C)C)[Si](C)(C)O[Si](C)(C)C.C[Si](C)(C)O[Si](C)(C)O[Si](C)(CCCOCC(CO)(CO)COCCC[Si](C)(O[Si](C)(C)O[Si](C)(C)C)O[Si](C)(C)O[Si](C)(C)C)O[Si](C)(C)O[Si](C)(C)C. The van der Waals surface area contributed by atoms with Gasteiger partial charge in [-0.2, -0.15) is 0 Å². The van der Waals surface area contributed by atoms with Crippen molar-refractivity contribution in [3.05, 3.63) is 0 Å². The van der Waals surface area contributed by atoms with Crippen molar-refractivity contribution in [3.8, 4) is 0 Å². The predicted octanol–water partition coefficient (Wildman–Crippen LogP) is 14.9. The first-order valence-corrected chi connectivity index (χ1v) is 75.5. The van der Waals surface area contributed by atoms with Gasteiger partial charge in [0.15, 0.2) is 66.5 Å². The molecule has 532 valence electrons. The monoisotopic (exact) mass is 1500 g/mol. The van der Waals surface area contributed by atoms with Crippen molar-refractivity contribution >= 4 is 118 Å². The highest BCUT2D eigenvalue weighted by Gasteiger charge is 2.49. The summed E-state index contributed by atoms with van der Waals surface area (Å²) in [4.78, 5) is 0. The summed E-state index contributed by atoms with van der Waals surface area (Å²) in [6.45, 7) is 76.6. The van der Waals surface area contributed by atoms with Crippen LogP contribution in [0.4, 0.5) is 0 Å². The van der Waals surface area contributed by atoms with E-state index in [4.69, 9.17) is 60.1 Å². The Kier molecular flexibility index (Phi) is 39.4. The third kappa shape index (κ3) is 45.0. The molecule has 0 aromatic heterocycles. The molecule has 18 nitrogen and oxygen atoms in total. The highest BCUT2D eigenvalue weighted by atomic mass is 28.5. The molecule has 0 saturated carbocycles. The largest absolute Gasteiger partial charge is 0.456 e. The first-order chi connectivity index (χ1) is 39.0. The number of aliphatic hydroxyl groups excluding tert-OH is 4. The second-order valence-electron chi connectivity index (χ2n) is 34.2. The van der Waals surface area contributed by atoms with Crippen LogP contribution in [0.5, 0.6) is 0 Å². The minimum absolute atomic E-state index is 0.160. The number of aliphatic hydroxyl groups is 4. The predicted molar refractivity (Wildman–Crippen MR) is 402 cm³/mol. The number of ether oxygens (including phenoxy) is 4. The quantitative estimate of drug-likeness (QED) is 0.0330. The molecule has 88 heavy (non-hydrogen) atoms. The minimum Gasteiger partial charge on any atom is -0.456 e. The van der Waals surface area contributed by atoms with E-state index in [0.29, 0.717) is 62.4 Å². The van der Waals surface area contributed by atoms with Gasteiger partial charge in [0.05, 0.1) is 63.7 Å². The summed E-state index contributed by atoms with van der Waals surface area (Å²) in [5, 5.41) is 40.8. The Balaban J connectivity index is 0. The molecule has 0 bridgehead atoms. The topological polar surface area (TPSA) is 210 Å². The summed E-state index contributed by atoms with van der Waals surface area (Å²) in [6, 6.07) is 1.42. The van der Waals surface area contributed by atoms with Crippen molar-refractivity contribution in [1.29, 1.82) is 0 Å². The second kappa shape index (κ2) is 37.5. The van der Waals surface area contributed by atoms with Gasteiger partial charge in [0.1, 0.15) is 0 Å². The van der Waals surface area contributed by atoms with Crippen LogP contribution in [0, 0.1) is 10.8 Å². The highest BCUT2D eigenvalue weighted by molar-refractivity contribution is 6.92. The van der Waals surface area contributed by atoms with Gasteiger partial charge in [-0.25, -0.2) is 0 Å². The van der Waals surface area contributed by atoms with Gasteiger partial charge in [-0.05, 0) is 258 Å². The summed E-state index contributed by atoms with van der Waals surface area (Å²) in [7, 11) is -29.4. The fourth-order valence-corrected chi connectivity index (χ4v) is 73.6. The van der Waals surface area contributed by atoms with Gasteiger partial charge >= 0.3 is 51.4 Å².